The Bertz CT molecular complexity index is 365. The van der Waals surface area contributed by atoms with Crippen molar-refractivity contribution in [2.45, 2.75) is 45.4 Å². The summed E-state index contributed by atoms with van der Waals surface area (Å²) in [5.74, 6) is 2.09. The summed E-state index contributed by atoms with van der Waals surface area (Å²) in [7, 11) is 3.94. The molecule has 108 valence electrons. The lowest BCUT2D eigenvalue weighted by Crippen LogP contribution is -2.57. The summed E-state index contributed by atoms with van der Waals surface area (Å²) in [5.41, 5.74) is 0.463. The van der Waals surface area contributed by atoms with E-state index in [1.807, 2.05) is 19.0 Å². The molecule has 1 N–H and O–H groups in total. The van der Waals surface area contributed by atoms with E-state index < -0.39 is 0 Å². The largest absolute Gasteiger partial charge is 0.344 e. The Morgan fingerprint density at radius 3 is 2.42 bits per heavy atom. The normalized spacial score (nSPS) is 43.5. The third-order valence-corrected chi connectivity index (χ3v) is 5.85. The molecule has 0 aliphatic heterocycles. The van der Waals surface area contributed by atoms with Crippen LogP contribution in [0.25, 0.3) is 0 Å². The maximum absolute atomic E-state index is 12.9. The van der Waals surface area contributed by atoms with Gasteiger partial charge in [-0.2, -0.15) is 0 Å². The molecule has 2 atom stereocenters. The van der Waals surface area contributed by atoms with Crippen LogP contribution in [0.5, 0.6) is 0 Å². The first-order valence-electron chi connectivity index (χ1n) is 7.87. The van der Waals surface area contributed by atoms with Crippen molar-refractivity contribution >= 4 is 5.91 Å². The first kappa shape index (κ1) is 13.4. The van der Waals surface area contributed by atoms with Crippen LogP contribution < -0.4 is 5.32 Å². The standard InChI is InChI=1S/C16H28N2O/c1-15-7-12-6-13(8-15)10-16(9-12,11-15)14(19)18(3)5-4-17-2/h12-13,17H,4-11H2,1-3H3. The Kier molecular flexibility index (Phi) is 3.16. The van der Waals surface area contributed by atoms with Crippen LogP contribution >= 0.6 is 0 Å². The summed E-state index contributed by atoms with van der Waals surface area (Å²) in [6.07, 6.45) is 7.63. The lowest BCUT2D eigenvalue weighted by Gasteiger charge is -2.61. The van der Waals surface area contributed by atoms with E-state index in [1.165, 1.54) is 32.1 Å². The second-order valence-electron chi connectivity index (χ2n) is 7.88. The van der Waals surface area contributed by atoms with E-state index in [-0.39, 0.29) is 5.41 Å². The van der Waals surface area contributed by atoms with Gasteiger partial charge in [-0.3, -0.25) is 4.79 Å². The molecule has 4 saturated carbocycles. The number of rotatable bonds is 4. The smallest absolute Gasteiger partial charge is 0.228 e. The average molecular weight is 264 g/mol. The van der Waals surface area contributed by atoms with Crippen LogP contribution in [0.1, 0.15) is 45.4 Å². The van der Waals surface area contributed by atoms with Gasteiger partial charge in [-0.1, -0.05) is 6.92 Å². The minimum Gasteiger partial charge on any atom is -0.344 e. The number of nitrogens with zero attached hydrogens (tertiary/aromatic N) is 1. The van der Waals surface area contributed by atoms with Crippen molar-refractivity contribution in [3.05, 3.63) is 0 Å². The molecule has 0 aromatic rings. The predicted molar refractivity (Wildman–Crippen MR) is 76.8 cm³/mol. The molecule has 0 heterocycles. The third-order valence-electron chi connectivity index (χ3n) is 5.85. The highest BCUT2D eigenvalue weighted by Gasteiger charge is 2.59. The molecule has 2 unspecified atom stereocenters. The lowest BCUT2D eigenvalue weighted by atomic mass is 9.44. The highest BCUT2D eigenvalue weighted by molar-refractivity contribution is 5.83. The summed E-state index contributed by atoms with van der Waals surface area (Å²) < 4.78 is 0. The molecule has 0 radical (unpaired) electrons. The number of hydrogen-bond donors (Lipinski definition) is 1. The maximum atomic E-state index is 12.9. The number of carbonyl (C=O) groups excluding carboxylic acids is 1. The zero-order chi connectivity index (χ0) is 13.7. The Morgan fingerprint density at radius 2 is 1.89 bits per heavy atom. The van der Waals surface area contributed by atoms with Gasteiger partial charge in [0.05, 0.1) is 5.41 Å². The van der Waals surface area contributed by atoms with Gasteiger partial charge >= 0.3 is 0 Å². The SMILES string of the molecule is CNCCN(C)C(=O)C12CC3CC(CC(C)(C3)C1)C2. The summed E-state index contributed by atoms with van der Waals surface area (Å²) in [4.78, 5) is 14.9. The van der Waals surface area contributed by atoms with Gasteiger partial charge in [0.1, 0.15) is 0 Å². The highest BCUT2D eigenvalue weighted by atomic mass is 16.2. The van der Waals surface area contributed by atoms with Crippen LogP contribution in [0.2, 0.25) is 0 Å². The fourth-order valence-electron chi connectivity index (χ4n) is 5.76. The van der Waals surface area contributed by atoms with Crippen LogP contribution in [-0.4, -0.2) is 38.0 Å². The van der Waals surface area contributed by atoms with Crippen LogP contribution in [0.15, 0.2) is 0 Å². The van der Waals surface area contributed by atoms with Crippen molar-refractivity contribution in [1.82, 2.24) is 10.2 Å². The fraction of sp³-hybridized carbons (Fsp3) is 0.938. The van der Waals surface area contributed by atoms with Gasteiger partial charge in [-0.25, -0.2) is 0 Å². The Hall–Kier alpha value is -0.570. The first-order chi connectivity index (χ1) is 8.96. The monoisotopic (exact) mass is 264 g/mol. The molecular formula is C16H28N2O. The molecule has 0 aromatic heterocycles. The van der Waals surface area contributed by atoms with Gasteiger partial charge in [-0.15, -0.1) is 0 Å². The Morgan fingerprint density at radius 1 is 1.26 bits per heavy atom. The quantitative estimate of drug-likeness (QED) is 0.845. The van der Waals surface area contributed by atoms with Crippen molar-refractivity contribution in [1.29, 1.82) is 0 Å². The summed E-state index contributed by atoms with van der Waals surface area (Å²) >= 11 is 0. The molecule has 0 spiro atoms. The summed E-state index contributed by atoms with van der Waals surface area (Å²) in [6, 6.07) is 0. The summed E-state index contributed by atoms with van der Waals surface area (Å²) in [6.45, 7) is 4.16. The van der Waals surface area contributed by atoms with Crippen molar-refractivity contribution in [2.24, 2.45) is 22.7 Å². The van der Waals surface area contributed by atoms with E-state index in [0.29, 0.717) is 11.3 Å². The molecule has 4 rings (SSSR count). The molecule has 0 aromatic carbocycles. The van der Waals surface area contributed by atoms with Crippen LogP contribution in [0.3, 0.4) is 0 Å². The highest BCUT2D eigenvalue weighted by Crippen LogP contribution is 2.65. The fourth-order valence-corrected chi connectivity index (χ4v) is 5.76. The number of nitrogens with one attached hydrogen (secondary N) is 1. The van der Waals surface area contributed by atoms with E-state index >= 15 is 0 Å². The van der Waals surface area contributed by atoms with E-state index in [0.717, 1.165) is 31.3 Å². The van der Waals surface area contributed by atoms with Crippen LogP contribution in [-0.2, 0) is 4.79 Å². The zero-order valence-corrected chi connectivity index (χ0v) is 12.7. The maximum Gasteiger partial charge on any atom is 0.228 e. The molecule has 1 amide bonds. The van der Waals surface area contributed by atoms with E-state index in [2.05, 4.69) is 12.2 Å². The number of carbonyl (C=O) groups is 1. The molecule has 3 heteroatoms. The molecule has 3 nitrogen and oxygen atoms in total. The van der Waals surface area contributed by atoms with Crippen molar-refractivity contribution in [3.8, 4) is 0 Å². The first-order valence-corrected chi connectivity index (χ1v) is 7.87. The molecular weight excluding hydrogens is 236 g/mol. The molecule has 4 bridgehead atoms. The van der Waals surface area contributed by atoms with Gasteiger partial charge in [0.2, 0.25) is 5.91 Å². The number of hydrogen-bond acceptors (Lipinski definition) is 2. The lowest BCUT2D eigenvalue weighted by molar-refractivity contribution is -0.164. The third kappa shape index (κ3) is 2.20. The topological polar surface area (TPSA) is 32.3 Å². The van der Waals surface area contributed by atoms with E-state index in [1.54, 1.807) is 0 Å². The molecule has 19 heavy (non-hydrogen) atoms. The minimum absolute atomic E-state index is 0.00131. The van der Waals surface area contributed by atoms with Gasteiger partial charge in [-0.05, 0) is 62.8 Å². The Balaban J connectivity index is 1.78. The molecule has 4 aliphatic rings. The number of likely N-dealkylation sites (N-methyl/N-ethyl adjacent to an activating group) is 2. The van der Waals surface area contributed by atoms with Gasteiger partial charge in [0, 0.05) is 20.1 Å². The van der Waals surface area contributed by atoms with Crippen molar-refractivity contribution < 1.29 is 4.79 Å². The molecule has 4 fully saturated rings. The Labute approximate surface area is 117 Å². The zero-order valence-electron chi connectivity index (χ0n) is 12.7. The van der Waals surface area contributed by atoms with Crippen molar-refractivity contribution in [3.63, 3.8) is 0 Å². The second kappa shape index (κ2) is 4.47. The minimum atomic E-state index is 0.00131. The number of amides is 1. The van der Waals surface area contributed by atoms with Gasteiger partial charge in [0.25, 0.3) is 0 Å². The molecule has 4 aliphatic carbocycles. The predicted octanol–water partition coefficient (Wildman–Crippen LogP) is 2.27. The van der Waals surface area contributed by atoms with Crippen LogP contribution in [0.4, 0.5) is 0 Å². The van der Waals surface area contributed by atoms with Crippen molar-refractivity contribution in [2.75, 3.05) is 27.2 Å². The summed E-state index contributed by atoms with van der Waals surface area (Å²) in [5, 5.41) is 3.14. The average Bonchev–Trinajstić information content (AvgIpc) is 2.32. The van der Waals surface area contributed by atoms with E-state index in [9.17, 15) is 4.79 Å². The van der Waals surface area contributed by atoms with Crippen LogP contribution in [0, 0.1) is 22.7 Å². The molecule has 0 saturated heterocycles. The van der Waals surface area contributed by atoms with Gasteiger partial charge < -0.3 is 10.2 Å². The van der Waals surface area contributed by atoms with Gasteiger partial charge in [0.15, 0.2) is 0 Å². The second-order valence-corrected chi connectivity index (χ2v) is 7.88. The van der Waals surface area contributed by atoms with E-state index in [4.69, 9.17) is 0 Å².